The van der Waals surface area contributed by atoms with E-state index in [-0.39, 0.29) is 11.6 Å². The molecule has 1 aromatic heterocycles. The molecular weight excluding hydrogens is 482 g/mol. The number of hydrogen-bond acceptors (Lipinski definition) is 5. The van der Waals surface area contributed by atoms with Gasteiger partial charge in [-0.2, -0.15) is 8.42 Å². The van der Waals surface area contributed by atoms with Gasteiger partial charge in [-0.1, -0.05) is 47.0 Å². The fourth-order valence-electron chi connectivity index (χ4n) is 10.2. The first-order valence-electron chi connectivity index (χ1n) is 14.9. The van der Waals surface area contributed by atoms with E-state index in [4.69, 9.17) is 0 Å². The lowest BCUT2D eigenvalue weighted by atomic mass is 9.42. The highest BCUT2D eigenvalue weighted by Crippen LogP contribution is 2.69. The summed E-state index contributed by atoms with van der Waals surface area (Å²) in [6, 6.07) is 1.55. The average molecular weight is 530 g/mol. The zero-order valence-electron chi connectivity index (χ0n) is 23.3. The zero-order valence-corrected chi connectivity index (χ0v) is 24.1. The van der Waals surface area contributed by atoms with Crippen molar-refractivity contribution in [1.29, 1.82) is 0 Å². The molecular formula is C30H47N3O3S. The number of nitrogens with one attached hydrogen (secondary N) is 1. The van der Waals surface area contributed by atoms with E-state index in [0.717, 1.165) is 36.0 Å². The van der Waals surface area contributed by atoms with Crippen molar-refractivity contribution in [2.24, 2.45) is 52.3 Å². The second-order valence-electron chi connectivity index (χ2n) is 13.4. The molecule has 4 fully saturated rings. The summed E-state index contributed by atoms with van der Waals surface area (Å²) in [5.41, 5.74) is 0.885. The first-order chi connectivity index (χ1) is 17.6. The normalized spacial score (nSPS) is 40.2. The van der Waals surface area contributed by atoms with Crippen molar-refractivity contribution in [3.05, 3.63) is 18.5 Å². The van der Waals surface area contributed by atoms with Crippen molar-refractivity contribution in [1.82, 2.24) is 14.7 Å². The SMILES string of the molecule is CC[C@H]1CC2C3CC[C@H]([C@H](C)CCC(=O)NS(=O)(=O)c4ncccn4)[C@@]3(C)CCC2[C@@]2(C)CCCC[C@@H]12. The summed E-state index contributed by atoms with van der Waals surface area (Å²) in [6.07, 6.45) is 17.4. The summed E-state index contributed by atoms with van der Waals surface area (Å²) in [7, 11) is -4.02. The van der Waals surface area contributed by atoms with Crippen molar-refractivity contribution in [2.45, 2.75) is 110 Å². The van der Waals surface area contributed by atoms with E-state index in [1.165, 1.54) is 76.6 Å². The van der Waals surface area contributed by atoms with Crippen LogP contribution in [0.5, 0.6) is 0 Å². The standard InChI is InChI=1S/C30H47N3O3S/c1-5-21-19-22-25-12-11-23(30(25,4)16-14-26(22)29(3)15-7-6-9-24(21)29)20(2)10-13-27(34)33-37(35,36)28-31-17-8-18-32-28/h8,17-18,20-26H,5-7,9-16,19H2,1-4H3,(H,33,34)/t20-,21+,22?,23-,24+,25?,26?,29+,30-/m1/s1. The van der Waals surface area contributed by atoms with Gasteiger partial charge in [0.1, 0.15) is 0 Å². The smallest absolute Gasteiger partial charge is 0.274 e. The maximum atomic E-state index is 12.6. The second kappa shape index (κ2) is 10.2. The van der Waals surface area contributed by atoms with Crippen molar-refractivity contribution >= 4 is 15.9 Å². The van der Waals surface area contributed by atoms with Gasteiger partial charge in [-0.3, -0.25) is 4.79 Å². The Morgan fingerprint density at radius 3 is 2.49 bits per heavy atom. The molecule has 0 spiro atoms. The molecule has 206 valence electrons. The number of amides is 1. The highest BCUT2D eigenvalue weighted by atomic mass is 32.2. The summed E-state index contributed by atoms with van der Waals surface area (Å²) in [6.45, 7) is 9.95. The van der Waals surface area contributed by atoms with Crippen molar-refractivity contribution < 1.29 is 13.2 Å². The second-order valence-corrected chi connectivity index (χ2v) is 15.0. The van der Waals surface area contributed by atoms with Crippen LogP contribution < -0.4 is 4.72 Å². The number of aromatic nitrogens is 2. The quantitative estimate of drug-likeness (QED) is 0.414. The Morgan fingerprint density at radius 1 is 1.03 bits per heavy atom. The maximum absolute atomic E-state index is 12.6. The Labute approximate surface area is 224 Å². The third-order valence-corrected chi connectivity index (χ3v) is 13.1. The Balaban J connectivity index is 1.24. The lowest BCUT2D eigenvalue weighted by molar-refractivity contribution is -0.138. The minimum Gasteiger partial charge on any atom is -0.274 e. The number of rotatable bonds is 7. The minimum atomic E-state index is -4.02. The fourth-order valence-corrected chi connectivity index (χ4v) is 11.1. The summed E-state index contributed by atoms with van der Waals surface area (Å²) in [4.78, 5) is 20.1. The molecule has 1 N–H and O–H groups in total. The van der Waals surface area contributed by atoms with Crippen LogP contribution in [0, 0.1) is 52.3 Å². The van der Waals surface area contributed by atoms with Crippen molar-refractivity contribution in [2.75, 3.05) is 0 Å². The van der Waals surface area contributed by atoms with Crippen LogP contribution >= 0.6 is 0 Å². The molecule has 9 atom stereocenters. The molecule has 4 saturated carbocycles. The molecule has 0 radical (unpaired) electrons. The summed E-state index contributed by atoms with van der Waals surface area (Å²) >= 11 is 0. The first kappa shape index (κ1) is 27.1. The molecule has 3 unspecified atom stereocenters. The summed E-state index contributed by atoms with van der Waals surface area (Å²) in [5, 5.41) is -0.355. The predicted octanol–water partition coefficient (Wildman–Crippen LogP) is 6.38. The molecule has 0 bridgehead atoms. The van der Waals surface area contributed by atoms with Crippen LogP contribution in [-0.2, 0) is 14.8 Å². The molecule has 6 nitrogen and oxygen atoms in total. The third-order valence-electron chi connectivity index (χ3n) is 11.9. The summed E-state index contributed by atoms with van der Waals surface area (Å²) in [5.74, 6) is 4.93. The maximum Gasteiger partial charge on any atom is 0.299 e. The minimum absolute atomic E-state index is 0.216. The number of carbonyl (C=O) groups excluding carboxylic acids is 1. The molecule has 7 heteroatoms. The Hall–Kier alpha value is -1.50. The van der Waals surface area contributed by atoms with Gasteiger partial charge in [0.2, 0.25) is 5.91 Å². The fraction of sp³-hybridized carbons (Fsp3) is 0.833. The molecule has 0 saturated heterocycles. The van der Waals surface area contributed by atoms with Gasteiger partial charge in [0.25, 0.3) is 15.2 Å². The predicted molar refractivity (Wildman–Crippen MR) is 145 cm³/mol. The highest BCUT2D eigenvalue weighted by molar-refractivity contribution is 7.89. The first-order valence-corrected chi connectivity index (χ1v) is 16.4. The van der Waals surface area contributed by atoms with E-state index >= 15 is 0 Å². The average Bonchev–Trinajstić information content (AvgIpc) is 3.24. The van der Waals surface area contributed by atoms with Crippen LogP contribution in [-0.4, -0.2) is 24.3 Å². The van der Waals surface area contributed by atoms with E-state index in [1.807, 2.05) is 0 Å². The topological polar surface area (TPSA) is 89.0 Å². The van der Waals surface area contributed by atoms with Gasteiger partial charge in [-0.15, -0.1) is 0 Å². The van der Waals surface area contributed by atoms with Gasteiger partial charge in [0.15, 0.2) is 0 Å². The summed E-state index contributed by atoms with van der Waals surface area (Å²) < 4.78 is 27.0. The Kier molecular flexibility index (Phi) is 7.49. The molecule has 37 heavy (non-hydrogen) atoms. The number of carbonyl (C=O) groups is 1. The van der Waals surface area contributed by atoms with Gasteiger partial charge in [-0.25, -0.2) is 14.7 Å². The molecule has 4 aliphatic rings. The number of fused-ring (bicyclic) bond motifs is 5. The van der Waals surface area contributed by atoms with Crippen LogP contribution in [0.3, 0.4) is 0 Å². The largest absolute Gasteiger partial charge is 0.299 e. The van der Waals surface area contributed by atoms with Gasteiger partial charge in [0, 0.05) is 18.8 Å². The third kappa shape index (κ3) is 4.76. The molecule has 1 aromatic rings. The number of hydrogen-bond donors (Lipinski definition) is 1. The number of sulfonamides is 1. The highest BCUT2D eigenvalue weighted by Gasteiger charge is 2.61. The Bertz CT molecular complexity index is 1080. The van der Waals surface area contributed by atoms with Gasteiger partial charge < -0.3 is 0 Å². The Morgan fingerprint density at radius 2 is 1.76 bits per heavy atom. The molecule has 0 aliphatic heterocycles. The van der Waals surface area contributed by atoms with Crippen LogP contribution in [0.2, 0.25) is 0 Å². The van der Waals surface area contributed by atoms with E-state index in [2.05, 4.69) is 42.4 Å². The molecule has 5 rings (SSSR count). The van der Waals surface area contributed by atoms with E-state index in [1.54, 1.807) is 6.07 Å². The van der Waals surface area contributed by atoms with Crippen LogP contribution in [0.4, 0.5) is 0 Å². The van der Waals surface area contributed by atoms with Crippen molar-refractivity contribution in [3.8, 4) is 0 Å². The van der Waals surface area contributed by atoms with E-state index < -0.39 is 15.9 Å². The van der Waals surface area contributed by atoms with Crippen LogP contribution in [0.15, 0.2) is 23.6 Å². The van der Waals surface area contributed by atoms with Gasteiger partial charge in [0.05, 0.1) is 0 Å². The van der Waals surface area contributed by atoms with E-state index in [9.17, 15) is 13.2 Å². The molecule has 1 heterocycles. The van der Waals surface area contributed by atoms with E-state index in [0.29, 0.717) is 22.7 Å². The lowest BCUT2D eigenvalue weighted by Crippen LogP contribution is -2.55. The number of nitrogens with zero attached hydrogens (tertiary/aromatic N) is 2. The monoisotopic (exact) mass is 529 g/mol. The molecule has 1 amide bonds. The molecule has 0 aromatic carbocycles. The van der Waals surface area contributed by atoms with Crippen LogP contribution in [0.25, 0.3) is 0 Å². The van der Waals surface area contributed by atoms with Gasteiger partial charge in [-0.05, 0) is 110 Å². The van der Waals surface area contributed by atoms with Crippen LogP contribution in [0.1, 0.15) is 105 Å². The van der Waals surface area contributed by atoms with Gasteiger partial charge >= 0.3 is 0 Å². The molecule has 4 aliphatic carbocycles. The van der Waals surface area contributed by atoms with Crippen molar-refractivity contribution in [3.63, 3.8) is 0 Å². The lowest BCUT2D eigenvalue weighted by Gasteiger charge is -2.63. The zero-order chi connectivity index (χ0) is 26.4.